The number of aliphatic hydroxyl groups is 3. The molecule has 0 saturated carbocycles. The lowest BCUT2D eigenvalue weighted by Gasteiger charge is -2.19. The molecule has 0 radical (unpaired) electrons. The number of aromatic nitrogens is 3. The minimum Gasteiger partial charge on any atom is -0.397 e. The van der Waals surface area contributed by atoms with Gasteiger partial charge in [-0.25, -0.2) is 14.7 Å². The summed E-state index contributed by atoms with van der Waals surface area (Å²) < 4.78 is 37.4. The number of hydrogen-bond donors (Lipinski definition) is 5. The van der Waals surface area contributed by atoms with Crippen molar-refractivity contribution in [2.24, 2.45) is 0 Å². The van der Waals surface area contributed by atoms with Crippen molar-refractivity contribution in [1.82, 2.24) is 19.3 Å². The summed E-state index contributed by atoms with van der Waals surface area (Å²) >= 11 is 0. The largest absolute Gasteiger partial charge is 0.397 e. The summed E-state index contributed by atoms with van der Waals surface area (Å²) in [6, 6.07) is 1.53. The van der Waals surface area contributed by atoms with Crippen LogP contribution in [0.5, 0.6) is 0 Å². The van der Waals surface area contributed by atoms with Crippen molar-refractivity contribution < 1.29 is 37.5 Å². The van der Waals surface area contributed by atoms with Crippen molar-refractivity contribution >= 4 is 33.1 Å². The fraction of sp³-hybridized carbons (Fsp3) is 0.438. The lowest BCUT2D eigenvalue weighted by molar-refractivity contribution is -0.116. The van der Waals surface area contributed by atoms with E-state index in [1.807, 2.05) is 0 Å². The number of pyridine rings is 1. The van der Waals surface area contributed by atoms with Crippen LogP contribution in [0.2, 0.25) is 0 Å². The number of hydrogen-bond acceptors (Lipinski definition) is 11. The van der Waals surface area contributed by atoms with Gasteiger partial charge >= 0.3 is 10.3 Å². The highest BCUT2D eigenvalue weighted by Crippen LogP contribution is 2.34. The van der Waals surface area contributed by atoms with Crippen LogP contribution < -0.4 is 10.5 Å². The molecule has 0 spiro atoms. The first kappa shape index (κ1) is 20.6. The molecule has 0 aromatic carbocycles. The molecule has 30 heavy (non-hydrogen) atoms. The third-order valence-electron chi connectivity index (χ3n) is 4.87. The molecule has 1 fully saturated rings. The fourth-order valence-electron chi connectivity index (χ4n) is 3.35. The van der Waals surface area contributed by atoms with Crippen LogP contribution in [0.15, 0.2) is 23.9 Å². The Hall–Kier alpha value is -2.62. The number of carbonyl (C=O) groups excluding carboxylic acids is 1. The Bertz CT molecular complexity index is 1130. The number of ether oxygens (including phenoxy) is 1. The SMILES string of the molecule is Nc1ccnc2c1nc1n2[C@@H]2O[C@H](COS(=O)(=O)NC(=O)/C(CO)=C\C1)[C@@H](O)[C@H]2O. The van der Waals surface area contributed by atoms with Gasteiger partial charge in [0.1, 0.15) is 29.7 Å². The van der Waals surface area contributed by atoms with E-state index >= 15 is 0 Å². The number of allylic oxidation sites excluding steroid dienone is 1. The number of nitrogens with zero attached hydrogens (tertiary/aromatic N) is 3. The third-order valence-corrected chi connectivity index (χ3v) is 5.75. The number of amides is 1. The zero-order valence-electron chi connectivity index (χ0n) is 15.4. The highest BCUT2D eigenvalue weighted by Gasteiger charge is 2.46. The fourth-order valence-corrected chi connectivity index (χ4v) is 4.08. The summed E-state index contributed by atoms with van der Waals surface area (Å²) in [6.07, 6.45) is -2.71. The summed E-state index contributed by atoms with van der Waals surface area (Å²) in [7, 11) is -4.55. The Kier molecular flexibility index (Phi) is 5.21. The van der Waals surface area contributed by atoms with Crippen molar-refractivity contribution in [3.05, 3.63) is 29.7 Å². The lowest BCUT2D eigenvalue weighted by Crippen LogP contribution is -2.38. The average Bonchev–Trinajstić information content (AvgIpc) is 3.19. The van der Waals surface area contributed by atoms with Crippen LogP contribution in [-0.4, -0.2) is 75.7 Å². The third kappa shape index (κ3) is 3.53. The van der Waals surface area contributed by atoms with E-state index in [2.05, 4.69) is 9.97 Å². The molecule has 6 N–H and O–H groups in total. The normalized spacial score (nSPS) is 31.0. The first-order valence-corrected chi connectivity index (χ1v) is 10.3. The summed E-state index contributed by atoms with van der Waals surface area (Å²) in [6.45, 7) is -1.42. The first-order chi connectivity index (χ1) is 14.2. The molecule has 2 aromatic rings. The number of fused-ring (bicyclic) bond motifs is 6. The van der Waals surface area contributed by atoms with Crippen LogP contribution in [-0.2, 0) is 30.4 Å². The summed E-state index contributed by atoms with van der Waals surface area (Å²) in [4.78, 5) is 20.8. The summed E-state index contributed by atoms with van der Waals surface area (Å²) in [5.41, 5.74) is 6.61. The van der Waals surface area contributed by atoms with Crippen LogP contribution in [0, 0.1) is 0 Å². The van der Waals surface area contributed by atoms with E-state index in [4.69, 9.17) is 14.7 Å². The van der Waals surface area contributed by atoms with Crippen LogP contribution in [0.4, 0.5) is 5.69 Å². The highest BCUT2D eigenvalue weighted by atomic mass is 32.2. The molecule has 2 aromatic heterocycles. The number of nitrogens with one attached hydrogen (secondary N) is 1. The number of rotatable bonds is 1. The van der Waals surface area contributed by atoms with E-state index in [1.54, 1.807) is 4.72 Å². The number of nitrogen functional groups attached to an aromatic ring is 1. The molecule has 4 atom stereocenters. The van der Waals surface area contributed by atoms with Crippen molar-refractivity contribution in [3.8, 4) is 0 Å². The van der Waals surface area contributed by atoms with Gasteiger partial charge in [0.25, 0.3) is 5.91 Å². The molecule has 13 nitrogen and oxygen atoms in total. The van der Waals surface area contributed by atoms with Crippen molar-refractivity contribution in [2.45, 2.75) is 31.0 Å². The van der Waals surface area contributed by atoms with Gasteiger partial charge in [0.05, 0.1) is 18.9 Å². The monoisotopic (exact) mass is 441 g/mol. The highest BCUT2D eigenvalue weighted by molar-refractivity contribution is 7.85. The average molecular weight is 441 g/mol. The Morgan fingerprint density at radius 3 is 2.83 bits per heavy atom. The van der Waals surface area contributed by atoms with Gasteiger partial charge < -0.3 is 25.8 Å². The topological polar surface area (TPSA) is 199 Å². The first-order valence-electron chi connectivity index (χ1n) is 8.86. The van der Waals surface area contributed by atoms with Gasteiger partial charge in [-0.15, -0.1) is 0 Å². The quantitative estimate of drug-likeness (QED) is 0.313. The van der Waals surface area contributed by atoms with E-state index in [1.165, 1.54) is 22.9 Å². The molecule has 2 bridgehead atoms. The minimum absolute atomic E-state index is 0.0621. The van der Waals surface area contributed by atoms with E-state index in [0.717, 1.165) is 0 Å². The molecule has 0 aliphatic carbocycles. The lowest BCUT2D eigenvalue weighted by atomic mass is 10.1. The Balaban J connectivity index is 1.88. The van der Waals surface area contributed by atoms with E-state index in [-0.39, 0.29) is 23.5 Å². The van der Waals surface area contributed by atoms with Gasteiger partial charge in [-0.3, -0.25) is 13.5 Å². The second kappa shape index (κ2) is 7.57. The Morgan fingerprint density at radius 2 is 2.10 bits per heavy atom. The molecule has 0 unspecified atom stereocenters. The van der Waals surface area contributed by atoms with Gasteiger partial charge in [0.2, 0.25) is 0 Å². The predicted molar refractivity (Wildman–Crippen MR) is 99.8 cm³/mol. The minimum atomic E-state index is -4.55. The van der Waals surface area contributed by atoms with Crippen molar-refractivity contribution in [3.63, 3.8) is 0 Å². The maximum atomic E-state index is 12.2. The van der Waals surface area contributed by atoms with Crippen molar-refractivity contribution in [1.29, 1.82) is 0 Å². The zero-order valence-corrected chi connectivity index (χ0v) is 16.2. The maximum absolute atomic E-state index is 12.2. The van der Waals surface area contributed by atoms with Gasteiger partial charge in [-0.1, -0.05) is 6.08 Å². The molecule has 2 aliphatic rings. The van der Waals surface area contributed by atoms with Gasteiger partial charge in [-0.2, -0.15) is 8.42 Å². The molecule has 1 amide bonds. The molecule has 4 heterocycles. The molecule has 1 saturated heterocycles. The van der Waals surface area contributed by atoms with Crippen LogP contribution in [0.25, 0.3) is 11.2 Å². The molecular weight excluding hydrogens is 422 g/mol. The van der Waals surface area contributed by atoms with Gasteiger partial charge in [-0.05, 0) is 6.07 Å². The zero-order chi connectivity index (χ0) is 21.6. The molecular formula is C16H19N5O8S. The molecule has 162 valence electrons. The van der Waals surface area contributed by atoms with Crippen molar-refractivity contribution in [2.75, 3.05) is 18.9 Å². The number of imidazole rings is 1. The second-order valence-electron chi connectivity index (χ2n) is 6.78. The predicted octanol–water partition coefficient (Wildman–Crippen LogP) is -2.51. The van der Waals surface area contributed by atoms with Crippen LogP contribution in [0.1, 0.15) is 12.1 Å². The standard InChI is InChI=1S/C16H19N5O8S/c17-8-3-4-18-14-11(8)19-10-2-1-7(5-22)15(25)20-30(26,27)28-6-9-12(23)13(24)16(29-9)21(10)14/h1,3-4,9,12-13,16,22-24H,2,5-6H2,(H2,17,18)(H,20,25)/b7-1-/t9-,12-,13-,16-/m1/s1. The number of aliphatic hydroxyl groups excluding tert-OH is 3. The number of carbonyl (C=O) groups is 1. The Labute approximate surface area is 170 Å². The van der Waals surface area contributed by atoms with Crippen LogP contribution in [0.3, 0.4) is 0 Å². The van der Waals surface area contributed by atoms with Gasteiger partial charge in [0, 0.05) is 18.2 Å². The van der Waals surface area contributed by atoms with Crippen LogP contribution >= 0.6 is 0 Å². The number of anilines is 1. The van der Waals surface area contributed by atoms with Gasteiger partial charge in [0.15, 0.2) is 11.9 Å². The smallest absolute Gasteiger partial charge is 0.362 e. The molecule has 4 rings (SSSR count). The molecule has 2 aliphatic heterocycles. The summed E-state index contributed by atoms with van der Waals surface area (Å²) in [5.74, 6) is -0.821. The van der Waals surface area contributed by atoms with E-state index < -0.39 is 54.0 Å². The summed E-state index contributed by atoms with van der Waals surface area (Å²) in [5, 5.41) is 30.4. The maximum Gasteiger partial charge on any atom is 0.362 e. The second-order valence-corrected chi connectivity index (χ2v) is 8.13. The number of nitrogens with two attached hydrogens (primary N) is 1. The van der Waals surface area contributed by atoms with E-state index in [0.29, 0.717) is 11.2 Å². The van der Waals surface area contributed by atoms with E-state index in [9.17, 15) is 28.5 Å². The Morgan fingerprint density at radius 1 is 1.33 bits per heavy atom. The molecule has 14 heteroatoms.